The number of halogens is 2. The zero-order valence-corrected chi connectivity index (χ0v) is 15.9. The van der Waals surface area contributed by atoms with Crippen LogP contribution < -0.4 is 51.4 Å². The monoisotopic (exact) mass is 378 g/mol. The largest absolute Gasteiger partial charge is 1.00 e. The minimum absolute atomic E-state index is 0. The number of carbonyl (C=O) groups excluding carboxylic acids is 1. The fourth-order valence-electron chi connectivity index (χ4n) is 2.59. The van der Waals surface area contributed by atoms with Crippen LogP contribution in [-0.4, -0.2) is 29.8 Å². The van der Waals surface area contributed by atoms with Gasteiger partial charge in [0.05, 0.1) is 10.5 Å². The summed E-state index contributed by atoms with van der Waals surface area (Å²) in [6, 6.07) is 2.38. The molecule has 0 aliphatic heterocycles. The second kappa shape index (κ2) is 6.37. The van der Waals surface area contributed by atoms with E-state index >= 15 is 0 Å². The Bertz CT molecular complexity index is 1020. The van der Waals surface area contributed by atoms with Crippen LogP contribution in [0.2, 0.25) is 0 Å². The van der Waals surface area contributed by atoms with Gasteiger partial charge in [-0.3, -0.25) is 4.79 Å². The van der Waals surface area contributed by atoms with Crippen molar-refractivity contribution in [1.29, 1.82) is 0 Å². The van der Waals surface area contributed by atoms with Crippen LogP contribution in [0, 0.1) is 11.6 Å². The second-order valence-electron chi connectivity index (χ2n) is 4.79. The van der Waals surface area contributed by atoms with Crippen LogP contribution in [0.4, 0.5) is 8.78 Å². The van der Waals surface area contributed by atoms with Crippen LogP contribution in [0.1, 0.15) is 26.3 Å². The average molecular weight is 378 g/mol. The van der Waals surface area contributed by atoms with Gasteiger partial charge in [-0.1, -0.05) is 0 Å². The van der Waals surface area contributed by atoms with Crippen LogP contribution >= 0.6 is 0 Å². The Balaban J connectivity index is 0.00000208. The number of carboxylic acids is 1. The van der Waals surface area contributed by atoms with Crippen molar-refractivity contribution in [3.63, 3.8) is 0 Å². The van der Waals surface area contributed by atoms with Crippen molar-refractivity contribution in [1.82, 2.24) is 0 Å². The molecule has 6 nitrogen and oxygen atoms in total. The van der Waals surface area contributed by atoms with Gasteiger partial charge >= 0.3 is 57.4 Å². The van der Waals surface area contributed by atoms with E-state index in [1.165, 1.54) is 0 Å². The van der Waals surface area contributed by atoms with Gasteiger partial charge in [0.1, 0.15) is 21.8 Å². The predicted molar refractivity (Wildman–Crippen MR) is 70.1 cm³/mol. The Morgan fingerprint density at radius 2 is 1.50 bits per heavy atom. The summed E-state index contributed by atoms with van der Waals surface area (Å²) in [6.45, 7) is 0. The number of hydrogen-bond acceptors (Lipinski definition) is 5. The summed E-state index contributed by atoms with van der Waals surface area (Å²) in [6.07, 6.45) is 0. The second-order valence-corrected chi connectivity index (χ2v) is 6.14. The van der Waals surface area contributed by atoms with E-state index in [0.717, 1.165) is 0 Å². The van der Waals surface area contributed by atoms with E-state index in [1.807, 2.05) is 0 Å². The Kier molecular flexibility index (Phi) is 5.13. The van der Waals surface area contributed by atoms with Crippen molar-refractivity contribution in [2.45, 2.75) is 4.90 Å². The molecule has 3 rings (SSSR count). The third-order valence-corrected chi connectivity index (χ3v) is 4.27. The zero-order valence-electron chi connectivity index (χ0n) is 12.0. The minimum atomic E-state index is -5.20. The molecule has 1 N–H and O–H groups in total. The molecule has 0 radical (unpaired) electrons. The van der Waals surface area contributed by atoms with Crippen molar-refractivity contribution in [3.8, 4) is 11.1 Å². The fraction of sp³-hybridized carbons (Fsp3) is 0. The number of carboxylic acid groups (broad SMARTS) is 1. The molecular formula is C14H5F2KO6S. The van der Waals surface area contributed by atoms with Crippen molar-refractivity contribution in [2.75, 3.05) is 0 Å². The fourth-order valence-corrected chi connectivity index (χ4v) is 3.30. The standard InChI is InChI=1S/C14H6F2O6S.K/c15-5-1-7-11(9(3-5)14(18)19)12-8(13(7)17)2-6(16)4-10(12)23(20,21)22;/h1-4H,(H,18,19)(H,20,21,22);/q;+1/p-1. The van der Waals surface area contributed by atoms with Crippen LogP contribution in [0.5, 0.6) is 0 Å². The summed E-state index contributed by atoms with van der Waals surface area (Å²) < 4.78 is 61.1. The molecule has 2 aromatic carbocycles. The molecule has 24 heavy (non-hydrogen) atoms. The van der Waals surface area contributed by atoms with Crippen molar-refractivity contribution in [3.05, 3.63) is 52.6 Å². The van der Waals surface area contributed by atoms with Gasteiger partial charge in [0.2, 0.25) is 0 Å². The number of benzene rings is 2. The van der Waals surface area contributed by atoms with Crippen LogP contribution in [0.25, 0.3) is 11.1 Å². The number of fused-ring (bicyclic) bond motifs is 3. The Morgan fingerprint density at radius 1 is 1.00 bits per heavy atom. The molecule has 0 fully saturated rings. The van der Waals surface area contributed by atoms with Gasteiger partial charge < -0.3 is 9.66 Å². The molecule has 0 amide bonds. The maximum atomic E-state index is 13.5. The number of ketones is 1. The number of rotatable bonds is 2. The first kappa shape index (κ1) is 19.3. The summed E-state index contributed by atoms with van der Waals surface area (Å²) in [4.78, 5) is 22.4. The molecule has 118 valence electrons. The maximum Gasteiger partial charge on any atom is 1.00 e. The zero-order chi connectivity index (χ0) is 17.1. The molecule has 0 aromatic heterocycles. The van der Waals surface area contributed by atoms with Gasteiger partial charge in [0.15, 0.2) is 5.78 Å². The number of aromatic carboxylic acids is 1. The van der Waals surface area contributed by atoms with E-state index in [1.54, 1.807) is 0 Å². The van der Waals surface area contributed by atoms with Gasteiger partial charge in [0.25, 0.3) is 0 Å². The molecule has 0 spiro atoms. The molecule has 2 aromatic rings. The summed E-state index contributed by atoms with van der Waals surface area (Å²) >= 11 is 0. The molecular weight excluding hydrogens is 373 g/mol. The van der Waals surface area contributed by atoms with E-state index in [4.69, 9.17) is 5.11 Å². The van der Waals surface area contributed by atoms with Crippen LogP contribution in [0.15, 0.2) is 29.2 Å². The summed E-state index contributed by atoms with van der Waals surface area (Å²) in [7, 11) is -5.20. The first-order valence-corrected chi connectivity index (χ1v) is 7.43. The predicted octanol–water partition coefficient (Wildman–Crippen LogP) is -1.22. The summed E-state index contributed by atoms with van der Waals surface area (Å²) in [5, 5.41) is 9.15. The quantitative estimate of drug-likeness (QED) is 0.442. The first-order chi connectivity index (χ1) is 10.6. The molecule has 0 bridgehead atoms. The molecule has 0 atom stereocenters. The van der Waals surface area contributed by atoms with Crippen molar-refractivity contribution in [2.24, 2.45) is 0 Å². The molecule has 0 saturated carbocycles. The molecule has 10 heteroatoms. The average Bonchev–Trinajstić information content (AvgIpc) is 2.69. The van der Waals surface area contributed by atoms with E-state index in [0.29, 0.717) is 24.3 Å². The minimum Gasteiger partial charge on any atom is -0.744 e. The Labute approximate surface area is 176 Å². The third-order valence-electron chi connectivity index (χ3n) is 3.41. The third kappa shape index (κ3) is 2.99. The van der Waals surface area contributed by atoms with E-state index in [2.05, 4.69) is 0 Å². The van der Waals surface area contributed by atoms with Gasteiger partial charge in [-0.15, -0.1) is 0 Å². The van der Waals surface area contributed by atoms with E-state index < -0.39 is 66.2 Å². The number of hydrogen-bond donors (Lipinski definition) is 1. The van der Waals surface area contributed by atoms with Crippen molar-refractivity contribution >= 4 is 21.9 Å². The molecule has 1 aliphatic rings. The van der Waals surface area contributed by atoms with E-state index in [9.17, 15) is 31.3 Å². The summed E-state index contributed by atoms with van der Waals surface area (Å²) in [5.74, 6) is -4.77. The van der Waals surface area contributed by atoms with Gasteiger partial charge in [-0.2, -0.15) is 0 Å². The molecule has 0 heterocycles. The first-order valence-electron chi connectivity index (χ1n) is 6.02. The Hall–Kier alpha value is -1.01. The Morgan fingerprint density at radius 3 is 2.00 bits per heavy atom. The van der Waals surface area contributed by atoms with Gasteiger partial charge in [-0.25, -0.2) is 22.0 Å². The van der Waals surface area contributed by atoms with Gasteiger partial charge in [0, 0.05) is 22.3 Å². The van der Waals surface area contributed by atoms with E-state index in [-0.39, 0.29) is 51.4 Å². The van der Waals surface area contributed by atoms with Crippen LogP contribution in [-0.2, 0) is 10.1 Å². The maximum absolute atomic E-state index is 13.5. The van der Waals surface area contributed by atoms with Crippen molar-refractivity contribution < 1.29 is 87.8 Å². The molecule has 0 saturated heterocycles. The SMILES string of the molecule is O=C(O)c1cc(F)cc2c1-c1c(cc(F)cc1S(=O)(=O)[O-])C2=O.[K+]. The molecule has 0 unspecified atom stereocenters. The topological polar surface area (TPSA) is 112 Å². The van der Waals surface area contributed by atoms with Gasteiger partial charge in [-0.05, 0) is 24.3 Å². The normalized spacial score (nSPS) is 12.4. The van der Waals surface area contributed by atoms with Crippen LogP contribution in [0.3, 0.4) is 0 Å². The summed E-state index contributed by atoms with van der Waals surface area (Å²) in [5.41, 5.74) is -2.55. The molecule has 1 aliphatic carbocycles. The smallest absolute Gasteiger partial charge is 0.744 e. The number of carbonyl (C=O) groups is 2.